The third kappa shape index (κ3) is 3.96. The summed E-state index contributed by atoms with van der Waals surface area (Å²) in [6, 6.07) is -0.489. The number of nitrogens with zero attached hydrogens (tertiary/aromatic N) is 3. The van der Waals surface area contributed by atoms with Crippen LogP contribution < -0.4 is 11.1 Å². The summed E-state index contributed by atoms with van der Waals surface area (Å²) in [4.78, 5) is 28.0. The van der Waals surface area contributed by atoms with Gasteiger partial charge in [0.25, 0.3) is 5.91 Å². The standard InChI is InChI=1S/C20H27N5O5S2/c1-11-17(13(3)30-23-11)32(28,29)25-9-7-24(8-10-25)12(2)19(27)22-20-16(18(21)26)14-5-4-6-15(14)31-20/h12H,4-10H2,1-3H3,(H2,21,26)(H,22,27). The number of carbonyl (C=O) groups excluding carboxylic acids is 2. The van der Waals surface area contributed by atoms with Crippen molar-refractivity contribution in [3.63, 3.8) is 0 Å². The number of amides is 2. The van der Waals surface area contributed by atoms with Gasteiger partial charge in [-0.15, -0.1) is 11.3 Å². The van der Waals surface area contributed by atoms with E-state index in [1.807, 2.05) is 4.90 Å². The van der Waals surface area contributed by atoms with Crippen LogP contribution >= 0.6 is 11.3 Å². The topological polar surface area (TPSA) is 139 Å². The van der Waals surface area contributed by atoms with Crippen LogP contribution in [-0.4, -0.2) is 66.8 Å². The van der Waals surface area contributed by atoms with Crippen molar-refractivity contribution in [1.29, 1.82) is 0 Å². The molecule has 4 rings (SSSR count). The lowest BCUT2D eigenvalue weighted by Crippen LogP contribution is -2.54. The van der Waals surface area contributed by atoms with Crippen LogP contribution in [0, 0.1) is 13.8 Å². The zero-order valence-electron chi connectivity index (χ0n) is 18.3. The quantitative estimate of drug-likeness (QED) is 0.633. The highest BCUT2D eigenvalue weighted by Crippen LogP contribution is 2.39. The number of nitrogens with two attached hydrogens (primary N) is 1. The zero-order chi connectivity index (χ0) is 23.2. The molecule has 1 atom stereocenters. The van der Waals surface area contributed by atoms with Crippen LogP contribution in [0.4, 0.5) is 5.00 Å². The zero-order valence-corrected chi connectivity index (χ0v) is 19.9. The fourth-order valence-electron chi connectivity index (χ4n) is 4.44. The Labute approximate surface area is 190 Å². The summed E-state index contributed by atoms with van der Waals surface area (Å²) < 4.78 is 32.4. The number of rotatable bonds is 6. The predicted molar refractivity (Wildman–Crippen MR) is 119 cm³/mol. The first-order valence-corrected chi connectivity index (χ1v) is 12.8. The van der Waals surface area contributed by atoms with Crippen LogP contribution in [0.15, 0.2) is 9.42 Å². The normalized spacial score (nSPS) is 18.5. The summed E-state index contributed by atoms with van der Waals surface area (Å²) >= 11 is 1.42. The molecule has 2 amide bonds. The van der Waals surface area contributed by atoms with Gasteiger partial charge in [-0.1, -0.05) is 5.16 Å². The maximum atomic E-state index is 13.0. The number of anilines is 1. The summed E-state index contributed by atoms with van der Waals surface area (Å²) in [5.74, 6) is -0.495. The van der Waals surface area contributed by atoms with Gasteiger partial charge < -0.3 is 15.6 Å². The molecule has 1 aliphatic heterocycles. The molecule has 0 spiro atoms. The van der Waals surface area contributed by atoms with E-state index in [2.05, 4.69) is 10.5 Å². The molecule has 1 fully saturated rings. The predicted octanol–water partition coefficient (Wildman–Crippen LogP) is 1.27. The molecular weight excluding hydrogens is 454 g/mol. The number of thiophene rings is 1. The fraction of sp³-hybridized carbons (Fsp3) is 0.550. The molecule has 0 aromatic carbocycles. The minimum atomic E-state index is -3.71. The molecule has 12 heteroatoms. The Hall–Kier alpha value is -2.28. The van der Waals surface area contributed by atoms with Crippen LogP contribution in [0.1, 0.15) is 45.6 Å². The van der Waals surface area contributed by atoms with Crippen molar-refractivity contribution in [3.05, 3.63) is 27.5 Å². The van der Waals surface area contributed by atoms with Gasteiger partial charge in [0.15, 0.2) is 5.76 Å². The first-order chi connectivity index (χ1) is 15.1. The minimum Gasteiger partial charge on any atom is -0.365 e. The summed E-state index contributed by atoms with van der Waals surface area (Å²) in [5, 5.41) is 7.14. The van der Waals surface area contributed by atoms with E-state index in [-0.39, 0.29) is 29.7 Å². The minimum absolute atomic E-state index is 0.112. The first-order valence-electron chi connectivity index (χ1n) is 10.5. The molecule has 0 bridgehead atoms. The Morgan fingerprint density at radius 2 is 1.88 bits per heavy atom. The fourth-order valence-corrected chi connectivity index (χ4v) is 7.45. The smallest absolute Gasteiger partial charge is 0.251 e. The number of hydrogen-bond donors (Lipinski definition) is 2. The van der Waals surface area contributed by atoms with E-state index in [1.54, 1.807) is 20.8 Å². The van der Waals surface area contributed by atoms with Gasteiger partial charge in [-0.05, 0) is 45.6 Å². The van der Waals surface area contributed by atoms with Gasteiger partial charge in [0.2, 0.25) is 15.9 Å². The average molecular weight is 482 g/mol. The van der Waals surface area contributed by atoms with Crippen molar-refractivity contribution in [2.24, 2.45) is 5.73 Å². The molecule has 3 N–H and O–H groups in total. The Morgan fingerprint density at radius 1 is 1.19 bits per heavy atom. The van der Waals surface area contributed by atoms with Gasteiger partial charge in [-0.3, -0.25) is 14.5 Å². The third-order valence-corrected chi connectivity index (χ3v) is 9.52. The molecule has 2 aromatic heterocycles. The molecule has 1 saturated heterocycles. The third-order valence-electron chi connectivity index (χ3n) is 6.17. The second-order valence-corrected chi connectivity index (χ2v) is 11.2. The molecule has 1 unspecified atom stereocenters. The Bertz CT molecular complexity index is 1140. The molecule has 32 heavy (non-hydrogen) atoms. The highest BCUT2D eigenvalue weighted by Gasteiger charge is 2.35. The highest BCUT2D eigenvalue weighted by molar-refractivity contribution is 7.89. The summed E-state index contributed by atoms with van der Waals surface area (Å²) in [5.41, 5.74) is 7.31. The molecule has 2 aliphatic rings. The SMILES string of the molecule is Cc1noc(C)c1S(=O)(=O)N1CCN(C(C)C(=O)Nc2sc3c(c2C(N)=O)CCC3)CC1. The number of carbonyl (C=O) groups is 2. The van der Waals surface area contributed by atoms with Crippen molar-refractivity contribution in [2.45, 2.75) is 51.0 Å². The Balaban J connectivity index is 1.41. The molecule has 2 aromatic rings. The van der Waals surface area contributed by atoms with Crippen LogP contribution in [0.3, 0.4) is 0 Å². The van der Waals surface area contributed by atoms with Crippen molar-refractivity contribution in [1.82, 2.24) is 14.4 Å². The monoisotopic (exact) mass is 481 g/mol. The summed E-state index contributed by atoms with van der Waals surface area (Å²) in [7, 11) is -3.71. The van der Waals surface area contributed by atoms with Crippen molar-refractivity contribution in [3.8, 4) is 0 Å². The molecule has 0 saturated carbocycles. The van der Waals surface area contributed by atoms with Gasteiger partial charge in [0, 0.05) is 31.1 Å². The lowest BCUT2D eigenvalue weighted by Gasteiger charge is -2.36. The second kappa shape index (κ2) is 8.58. The number of nitrogens with one attached hydrogen (secondary N) is 1. The lowest BCUT2D eigenvalue weighted by atomic mass is 10.1. The van der Waals surface area contributed by atoms with Gasteiger partial charge in [-0.25, -0.2) is 8.42 Å². The molecular formula is C20H27N5O5S2. The molecule has 10 nitrogen and oxygen atoms in total. The number of hydrogen-bond acceptors (Lipinski definition) is 8. The second-order valence-electron chi connectivity index (χ2n) is 8.18. The van der Waals surface area contributed by atoms with Gasteiger partial charge in [0.1, 0.15) is 15.6 Å². The maximum absolute atomic E-state index is 13.0. The molecule has 3 heterocycles. The van der Waals surface area contributed by atoms with E-state index >= 15 is 0 Å². The van der Waals surface area contributed by atoms with Gasteiger partial charge in [-0.2, -0.15) is 4.31 Å². The van der Waals surface area contributed by atoms with Crippen LogP contribution in [0.25, 0.3) is 0 Å². The number of aromatic nitrogens is 1. The van der Waals surface area contributed by atoms with E-state index in [9.17, 15) is 18.0 Å². The van der Waals surface area contributed by atoms with Crippen LogP contribution in [-0.2, 0) is 27.7 Å². The van der Waals surface area contributed by atoms with E-state index in [0.29, 0.717) is 29.3 Å². The number of aryl methyl sites for hydroxylation is 3. The van der Waals surface area contributed by atoms with E-state index < -0.39 is 22.0 Å². The Morgan fingerprint density at radius 3 is 2.47 bits per heavy atom. The molecule has 0 radical (unpaired) electrons. The summed E-state index contributed by atoms with van der Waals surface area (Å²) in [6.07, 6.45) is 2.69. The average Bonchev–Trinajstić information content (AvgIpc) is 3.41. The highest BCUT2D eigenvalue weighted by atomic mass is 32.2. The summed E-state index contributed by atoms with van der Waals surface area (Å²) in [6.45, 7) is 6.28. The maximum Gasteiger partial charge on any atom is 0.251 e. The van der Waals surface area contributed by atoms with E-state index in [0.717, 1.165) is 29.7 Å². The Kier molecular flexibility index (Phi) is 6.14. The first kappa shape index (κ1) is 22.9. The van der Waals surface area contributed by atoms with E-state index in [4.69, 9.17) is 10.3 Å². The molecule has 1 aliphatic carbocycles. The van der Waals surface area contributed by atoms with Crippen LogP contribution in [0.2, 0.25) is 0 Å². The van der Waals surface area contributed by atoms with Gasteiger partial charge >= 0.3 is 0 Å². The van der Waals surface area contributed by atoms with Crippen LogP contribution in [0.5, 0.6) is 0 Å². The van der Waals surface area contributed by atoms with E-state index in [1.165, 1.54) is 15.6 Å². The van der Waals surface area contributed by atoms with Crippen molar-refractivity contribution >= 4 is 38.2 Å². The number of sulfonamides is 1. The lowest BCUT2D eigenvalue weighted by molar-refractivity contribution is -0.121. The molecule has 174 valence electrons. The number of primary amides is 1. The largest absolute Gasteiger partial charge is 0.365 e. The number of piperazine rings is 1. The number of fused-ring (bicyclic) bond motifs is 1. The van der Waals surface area contributed by atoms with Crippen molar-refractivity contribution in [2.75, 3.05) is 31.5 Å². The van der Waals surface area contributed by atoms with Crippen molar-refractivity contribution < 1.29 is 22.5 Å². The van der Waals surface area contributed by atoms with Gasteiger partial charge in [0.05, 0.1) is 11.6 Å².